The third kappa shape index (κ3) is 2.39. The predicted molar refractivity (Wildman–Crippen MR) is 106 cm³/mol. The van der Waals surface area contributed by atoms with Gasteiger partial charge in [-0.15, -0.1) is 0 Å². The number of hydrogen-bond acceptors (Lipinski definition) is 4. The first-order chi connectivity index (χ1) is 13.0. The van der Waals surface area contributed by atoms with Crippen LogP contribution in [0.5, 0.6) is 0 Å². The molecule has 0 amide bonds. The molecule has 3 fully saturated rings. The number of carbonyl (C=O) groups is 3. The van der Waals surface area contributed by atoms with Gasteiger partial charge in [-0.1, -0.05) is 32.4 Å². The van der Waals surface area contributed by atoms with Crippen LogP contribution in [0, 0.1) is 34.5 Å². The van der Waals surface area contributed by atoms with Crippen molar-refractivity contribution in [3.63, 3.8) is 0 Å². The molecular weight excluding hydrogens is 352 g/mol. The second-order valence-electron chi connectivity index (χ2n) is 10.1. The van der Waals surface area contributed by atoms with Crippen LogP contribution in [0.2, 0.25) is 0 Å². The maximum Gasteiger partial charge on any atom is 0.303 e. The molecule has 0 heterocycles. The summed E-state index contributed by atoms with van der Waals surface area (Å²) in [6.07, 6.45) is 10.2. The first-order valence-electron chi connectivity index (χ1n) is 10.7. The van der Waals surface area contributed by atoms with Crippen molar-refractivity contribution < 1.29 is 19.1 Å². The Labute approximate surface area is 167 Å². The van der Waals surface area contributed by atoms with Crippen LogP contribution in [-0.4, -0.2) is 23.1 Å². The van der Waals surface area contributed by atoms with Crippen LogP contribution in [0.3, 0.4) is 0 Å². The number of esters is 1. The van der Waals surface area contributed by atoms with E-state index in [0.29, 0.717) is 30.1 Å². The Morgan fingerprint density at radius 1 is 1.11 bits per heavy atom. The smallest absolute Gasteiger partial charge is 0.303 e. The normalized spacial score (nSPS) is 46.9. The van der Waals surface area contributed by atoms with Crippen LogP contribution in [-0.2, 0) is 19.1 Å². The average Bonchev–Trinajstić information content (AvgIpc) is 2.90. The molecule has 4 nitrogen and oxygen atoms in total. The molecule has 7 unspecified atom stereocenters. The van der Waals surface area contributed by atoms with Crippen molar-refractivity contribution in [2.45, 2.75) is 72.3 Å². The van der Waals surface area contributed by atoms with Gasteiger partial charge in [-0.25, -0.2) is 0 Å². The van der Waals surface area contributed by atoms with E-state index in [1.165, 1.54) is 12.5 Å². The summed E-state index contributed by atoms with van der Waals surface area (Å²) in [6.45, 7) is 9.71. The third-order valence-corrected chi connectivity index (χ3v) is 8.88. The minimum Gasteiger partial charge on any atom is -0.451 e. The molecule has 3 saturated carbocycles. The predicted octanol–water partition coefficient (Wildman–Crippen LogP) is 4.43. The van der Waals surface area contributed by atoms with Gasteiger partial charge in [-0.2, -0.15) is 0 Å². The van der Waals surface area contributed by atoms with E-state index in [-0.39, 0.29) is 28.4 Å². The fourth-order valence-corrected chi connectivity index (χ4v) is 7.68. The fourth-order valence-electron chi connectivity index (χ4n) is 7.68. The number of Topliss-reactive ketones (excluding diaryl/α,β-unsaturated/α-hetero) is 1. The van der Waals surface area contributed by atoms with Gasteiger partial charge in [-0.05, 0) is 74.9 Å². The van der Waals surface area contributed by atoms with Crippen LogP contribution in [0.15, 0.2) is 23.8 Å². The number of ketones is 2. The molecule has 4 rings (SSSR count). The number of carbonyl (C=O) groups excluding carboxylic acids is 3. The SMILES string of the molecule is CC(=O)OC1(C(C)=O)CCC2C3CC(C)C4=CC(=O)C=CC4(C)C3CCC21C. The van der Waals surface area contributed by atoms with Crippen molar-refractivity contribution in [1.82, 2.24) is 0 Å². The van der Waals surface area contributed by atoms with Gasteiger partial charge in [0.1, 0.15) is 0 Å². The standard InChI is InChI=1S/C24H32O4/c1-14-12-18-19(22(4)9-6-17(27)13-21(14)22)7-10-23(5)20(18)8-11-24(23,15(2)25)28-16(3)26/h6,9,13-14,18-20H,7-8,10-12H2,1-5H3. The Hall–Kier alpha value is -1.71. The highest BCUT2D eigenvalue weighted by atomic mass is 16.6. The molecule has 0 N–H and O–H groups in total. The van der Waals surface area contributed by atoms with E-state index in [2.05, 4.69) is 26.8 Å². The molecule has 0 spiro atoms. The zero-order valence-corrected chi connectivity index (χ0v) is 17.7. The lowest BCUT2D eigenvalue weighted by Gasteiger charge is -2.59. The summed E-state index contributed by atoms with van der Waals surface area (Å²) in [6, 6.07) is 0. The topological polar surface area (TPSA) is 60.4 Å². The molecule has 152 valence electrons. The summed E-state index contributed by atoms with van der Waals surface area (Å²) in [4.78, 5) is 36.7. The van der Waals surface area contributed by atoms with E-state index in [9.17, 15) is 14.4 Å². The minimum absolute atomic E-state index is 0.00929. The number of hydrogen-bond donors (Lipinski definition) is 0. The summed E-state index contributed by atoms with van der Waals surface area (Å²) in [5.41, 5.74) is -0.0919. The second-order valence-corrected chi connectivity index (χ2v) is 10.1. The summed E-state index contributed by atoms with van der Waals surface area (Å²) in [5, 5.41) is 0. The molecule has 7 atom stereocenters. The molecule has 0 radical (unpaired) electrons. The van der Waals surface area contributed by atoms with Crippen molar-refractivity contribution in [3.8, 4) is 0 Å². The van der Waals surface area contributed by atoms with Gasteiger partial charge in [0, 0.05) is 17.8 Å². The molecule has 0 aromatic heterocycles. The third-order valence-electron chi connectivity index (χ3n) is 8.88. The van der Waals surface area contributed by atoms with Gasteiger partial charge in [0.15, 0.2) is 17.2 Å². The lowest BCUT2D eigenvalue weighted by atomic mass is 9.45. The summed E-state index contributed by atoms with van der Waals surface area (Å²) >= 11 is 0. The molecule has 4 aliphatic carbocycles. The Bertz CT molecular complexity index is 807. The van der Waals surface area contributed by atoms with E-state index < -0.39 is 5.60 Å². The fraction of sp³-hybridized carbons (Fsp3) is 0.708. The first-order valence-corrected chi connectivity index (χ1v) is 10.7. The molecule has 0 aliphatic heterocycles. The highest BCUT2D eigenvalue weighted by molar-refractivity contribution is 6.01. The average molecular weight is 385 g/mol. The van der Waals surface area contributed by atoms with Crippen molar-refractivity contribution in [1.29, 1.82) is 0 Å². The highest BCUT2D eigenvalue weighted by Gasteiger charge is 2.68. The Morgan fingerprint density at radius 2 is 1.79 bits per heavy atom. The van der Waals surface area contributed by atoms with Crippen LogP contribution in [0.1, 0.15) is 66.7 Å². The lowest BCUT2D eigenvalue weighted by Crippen LogP contribution is -2.59. The summed E-state index contributed by atoms with van der Waals surface area (Å²) < 4.78 is 5.83. The Kier molecular flexibility index (Phi) is 4.30. The summed E-state index contributed by atoms with van der Waals surface area (Å²) in [5.74, 6) is 1.39. The Balaban J connectivity index is 1.75. The Morgan fingerprint density at radius 3 is 2.43 bits per heavy atom. The molecule has 4 aliphatic rings. The number of fused-ring (bicyclic) bond motifs is 5. The van der Waals surface area contributed by atoms with E-state index in [0.717, 1.165) is 25.7 Å². The van der Waals surface area contributed by atoms with Gasteiger partial charge in [0.2, 0.25) is 0 Å². The van der Waals surface area contributed by atoms with E-state index in [4.69, 9.17) is 4.74 Å². The maximum absolute atomic E-state index is 12.8. The van der Waals surface area contributed by atoms with E-state index in [1.807, 2.05) is 6.08 Å². The first kappa shape index (κ1) is 19.6. The van der Waals surface area contributed by atoms with Crippen molar-refractivity contribution in [3.05, 3.63) is 23.8 Å². The van der Waals surface area contributed by atoms with Gasteiger partial charge in [-0.3, -0.25) is 14.4 Å². The van der Waals surface area contributed by atoms with Gasteiger partial charge >= 0.3 is 5.97 Å². The lowest BCUT2D eigenvalue weighted by molar-refractivity contribution is -0.186. The molecule has 4 heteroatoms. The van der Waals surface area contributed by atoms with Crippen molar-refractivity contribution >= 4 is 17.5 Å². The molecular formula is C24H32O4. The minimum atomic E-state index is -0.979. The largest absolute Gasteiger partial charge is 0.451 e. The van der Waals surface area contributed by atoms with Crippen molar-refractivity contribution in [2.24, 2.45) is 34.5 Å². The molecule has 0 aromatic carbocycles. The van der Waals surface area contributed by atoms with Crippen LogP contribution in [0.25, 0.3) is 0 Å². The number of allylic oxidation sites excluding steroid dienone is 4. The summed E-state index contributed by atoms with van der Waals surface area (Å²) in [7, 11) is 0. The molecule has 0 bridgehead atoms. The van der Waals surface area contributed by atoms with Crippen LogP contribution in [0.4, 0.5) is 0 Å². The second kappa shape index (κ2) is 6.14. The molecule has 28 heavy (non-hydrogen) atoms. The quantitative estimate of drug-likeness (QED) is 0.661. The molecule has 0 aromatic rings. The van der Waals surface area contributed by atoms with E-state index in [1.54, 1.807) is 13.0 Å². The van der Waals surface area contributed by atoms with Crippen molar-refractivity contribution in [2.75, 3.05) is 0 Å². The number of ether oxygens (including phenoxy) is 1. The van der Waals surface area contributed by atoms with Gasteiger partial charge < -0.3 is 4.74 Å². The zero-order chi connectivity index (χ0) is 20.5. The zero-order valence-electron chi connectivity index (χ0n) is 17.7. The van der Waals surface area contributed by atoms with Gasteiger partial charge in [0.25, 0.3) is 0 Å². The monoisotopic (exact) mass is 384 g/mol. The highest BCUT2D eigenvalue weighted by Crippen LogP contribution is 2.68. The van der Waals surface area contributed by atoms with E-state index >= 15 is 0 Å². The number of rotatable bonds is 2. The maximum atomic E-state index is 12.8. The van der Waals surface area contributed by atoms with Gasteiger partial charge in [0.05, 0.1) is 0 Å². The van der Waals surface area contributed by atoms with Crippen LogP contribution < -0.4 is 0 Å². The van der Waals surface area contributed by atoms with Crippen LogP contribution >= 0.6 is 0 Å². The molecule has 0 saturated heterocycles.